The van der Waals surface area contributed by atoms with Gasteiger partial charge in [-0.05, 0) is 31.7 Å². The molecule has 2 N–H and O–H groups in total. The first-order valence-electron chi connectivity index (χ1n) is 7.49. The van der Waals surface area contributed by atoms with E-state index in [0.717, 1.165) is 17.0 Å². The molecule has 1 amide bonds. The van der Waals surface area contributed by atoms with Crippen molar-refractivity contribution in [3.05, 3.63) is 23.3 Å². The molecule has 0 spiro atoms. The fourth-order valence-electron chi connectivity index (χ4n) is 2.51. The molecule has 2 aromatic heterocycles. The normalized spacial score (nSPS) is 12.6. The minimum atomic E-state index is -1.02. The van der Waals surface area contributed by atoms with E-state index in [1.54, 1.807) is 18.4 Å². The molecule has 0 unspecified atom stereocenters. The molecule has 0 aliphatic carbocycles. The van der Waals surface area contributed by atoms with Gasteiger partial charge in [-0.25, -0.2) is 14.3 Å². The molecular weight excluding hydrogens is 298 g/mol. The lowest BCUT2D eigenvalue weighted by Gasteiger charge is -2.18. The number of aryl methyl sites for hydroxylation is 2. The predicted molar refractivity (Wildman–Crippen MR) is 83.0 cm³/mol. The van der Waals surface area contributed by atoms with Gasteiger partial charge in [0.1, 0.15) is 12.4 Å². The molecule has 124 valence electrons. The number of carboxylic acid groups (broad SMARTS) is 1. The molecule has 23 heavy (non-hydrogen) atoms. The third kappa shape index (κ3) is 3.64. The number of carboxylic acids is 1. The summed E-state index contributed by atoms with van der Waals surface area (Å²) in [5.74, 6) is -0.956. The van der Waals surface area contributed by atoms with Crippen LogP contribution >= 0.6 is 0 Å². The van der Waals surface area contributed by atoms with E-state index in [-0.39, 0.29) is 18.2 Å². The summed E-state index contributed by atoms with van der Waals surface area (Å²) < 4.78 is 1.63. The topological polar surface area (TPSA) is 109 Å². The Morgan fingerprint density at radius 2 is 2.04 bits per heavy atom. The number of nitrogens with zero attached hydrogens (tertiary/aromatic N) is 4. The number of nitrogens with one attached hydrogen (secondary N) is 1. The van der Waals surface area contributed by atoms with Crippen molar-refractivity contribution in [1.29, 1.82) is 0 Å². The van der Waals surface area contributed by atoms with Crippen LogP contribution in [0.2, 0.25) is 0 Å². The molecule has 8 nitrogen and oxygen atoms in total. The number of carbonyl (C=O) groups excluding carboxylic acids is 1. The number of carbonyl (C=O) groups is 2. The maximum Gasteiger partial charge on any atom is 0.326 e. The van der Waals surface area contributed by atoms with E-state index >= 15 is 0 Å². The molecule has 8 heteroatoms. The Hall–Kier alpha value is -2.51. The number of fused-ring (bicyclic) bond motifs is 1. The van der Waals surface area contributed by atoms with Crippen LogP contribution in [-0.2, 0) is 16.0 Å². The van der Waals surface area contributed by atoms with Gasteiger partial charge in [0.15, 0.2) is 0 Å². The van der Waals surface area contributed by atoms with Crippen molar-refractivity contribution >= 4 is 17.7 Å². The van der Waals surface area contributed by atoms with Crippen molar-refractivity contribution in [1.82, 2.24) is 24.9 Å². The smallest absolute Gasteiger partial charge is 0.326 e. The molecule has 0 radical (unpaired) electrons. The van der Waals surface area contributed by atoms with E-state index in [4.69, 9.17) is 5.11 Å². The number of hydrogen-bond acceptors (Lipinski definition) is 5. The van der Waals surface area contributed by atoms with Crippen molar-refractivity contribution < 1.29 is 14.7 Å². The first-order valence-corrected chi connectivity index (χ1v) is 7.49. The van der Waals surface area contributed by atoms with Crippen molar-refractivity contribution in [2.24, 2.45) is 5.92 Å². The Labute approximate surface area is 133 Å². The summed E-state index contributed by atoms with van der Waals surface area (Å²) in [6.07, 6.45) is 2.10. The highest BCUT2D eigenvalue weighted by Crippen LogP contribution is 2.15. The van der Waals surface area contributed by atoms with Crippen LogP contribution in [0.1, 0.15) is 37.2 Å². The Morgan fingerprint density at radius 3 is 2.65 bits per heavy atom. The minimum Gasteiger partial charge on any atom is -0.480 e. The SMILES string of the molecule is Cc1nc2ncnn2c(C)c1CCC(=O)N[C@H](C(=O)O)C(C)C. The van der Waals surface area contributed by atoms with E-state index in [0.29, 0.717) is 12.2 Å². The average molecular weight is 319 g/mol. The Morgan fingerprint density at radius 1 is 1.35 bits per heavy atom. The number of amides is 1. The summed E-state index contributed by atoms with van der Waals surface area (Å²) in [5.41, 5.74) is 2.61. The summed E-state index contributed by atoms with van der Waals surface area (Å²) in [4.78, 5) is 31.6. The van der Waals surface area contributed by atoms with Crippen molar-refractivity contribution in [2.75, 3.05) is 0 Å². The van der Waals surface area contributed by atoms with Crippen molar-refractivity contribution in [2.45, 2.75) is 46.6 Å². The monoisotopic (exact) mass is 319 g/mol. The van der Waals surface area contributed by atoms with E-state index in [2.05, 4.69) is 20.4 Å². The van der Waals surface area contributed by atoms with Crippen molar-refractivity contribution in [3.63, 3.8) is 0 Å². The van der Waals surface area contributed by atoms with Gasteiger partial charge in [-0.2, -0.15) is 10.1 Å². The van der Waals surface area contributed by atoms with E-state index in [1.807, 2.05) is 13.8 Å². The minimum absolute atomic E-state index is 0.173. The van der Waals surface area contributed by atoms with Gasteiger partial charge in [-0.3, -0.25) is 4.79 Å². The summed E-state index contributed by atoms with van der Waals surface area (Å²) >= 11 is 0. The third-order valence-electron chi connectivity index (χ3n) is 3.84. The number of rotatable bonds is 6. The zero-order chi connectivity index (χ0) is 17.1. The van der Waals surface area contributed by atoms with Gasteiger partial charge in [-0.1, -0.05) is 13.8 Å². The molecular formula is C15H21N5O3. The van der Waals surface area contributed by atoms with E-state index < -0.39 is 12.0 Å². The lowest BCUT2D eigenvalue weighted by Crippen LogP contribution is -2.44. The Bertz CT molecular complexity index is 738. The van der Waals surface area contributed by atoms with Gasteiger partial charge < -0.3 is 10.4 Å². The molecule has 0 aliphatic rings. The lowest BCUT2D eigenvalue weighted by atomic mass is 10.0. The van der Waals surface area contributed by atoms with Gasteiger partial charge in [0.2, 0.25) is 5.91 Å². The van der Waals surface area contributed by atoms with Gasteiger partial charge in [-0.15, -0.1) is 0 Å². The predicted octanol–water partition coefficient (Wildman–Crippen LogP) is 0.899. The fourth-order valence-corrected chi connectivity index (χ4v) is 2.51. The quantitative estimate of drug-likeness (QED) is 0.818. The molecule has 2 rings (SSSR count). The first-order chi connectivity index (χ1) is 10.8. The Balaban J connectivity index is 2.09. The summed E-state index contributed by atoms with van der Waals surface area (Å²) in [7, 11) is 0. The molecule has 0 fully saturated rings. The van der Waals surface area contributed by atoms with Gasteiger partial charge in [0.05, 0.1) is 0 Å². The lowest BCUT2D eigenvalue weighted by molar-refractivity contribution is -0.143. The summed E-state index contributed by atoms with van der Waals surface area (Å²) in [6, 6.07) is -0.874. The van der Waals surface area contributed by atoms with Crippen LogP contribution in [0.3, 0.4) is 0 Å². The highest BCUT2D eigenvalue weighted by molar-refractivity contribution is 5.83. The molecule has 0 saturated carbocycles. The fraction of sp³-hybridized carbons (Fsp3) is 0.533. The van der Waals surface area contributed by atoms with Crippen LogP contribution in [0.25, 0.3) is 5.78 Å². The molecule has 0 saturated heterocycles. The van der Waals surface area contributed by atoms with Crippen LogP contribution in [0, 0.1) is 19.8 Å². The Kier molecular flexibility index (Phi) is 4.92. The highest BCUT2D eigenvalue weighted by atomic mass is 16.4. The standard InChI is InChI=1S/C15H21N5O3/c1-8(2)13(14(22)23)19-12(21)6-5-11-9(3)18-15-16-7-17-20(15)10(11)4/h7-8,13H,5-6H2,1-4H3,(H,19,21)(H,22,23)/t13-/m0/s1. The van der Waals surface area contributed by atoms with Crippen molar-refractivity contribution in [3.8, 4) is 0 Å². The van der Waals surface area contributed by atoms with E-state index in [1.165, 1.54) is 6.33 Å². The second-order valence-electron chi connectivity index (χ2n) is 5.86. The second-order valence-corrected chi connectivity index (χ2v) is 5.86. The van der Waals surface area contributed by atoms with E-state index in [9.17, 15) is 9.59 Å². The third-order valence-corrected chi connectivity index (χ3v) is 3.84. The van der Waals surface area contributed by atoms with Crippen LogP contribution in [0.15, 0.2) is 6.33 Å². The van der Waals surface area contributed by atoms with Gasteiger partial charge in [0.25, 0.3) is 5.78 Å². The molecule has 0 aliphatic heterocycles. The molecule has 0 bridgehead atoms. The molecule has 2 heterocycles. The second kappa shape index (κ2) is 6.72. The highest BCUT2D eigenvalue weighted by Gasteiger charge is 2.23. The van der Waals surface area contributed by atoms with Crippen LogP contribution in [0.5, 0.6) is 0 Å². The number of aliphatic carboxylic acids is 1. The van der Waals surface area contributed by atoms with Gasteiger partial charge >= 0.3 is 5.97 Å². The average Bonchev–Trinajstić information content (AvgIpc) is 2.92. The van der Waals surface area contributed by atoms with Crippen LogP contribution in [-0.4, -0.2) is 42.6 Å². The summed E-state index contributed by atoms with van der Waals surface area (Å²) in [5, 5.41) is 15.8. The van der Waals surface area contributed by atoms with Gasteiger partial charge in [0, 0.05) is 17.8 Å². The zero-order valence-corrected chi connectivity index (χ0v) is 13.7. The number of aromatic nitrogens is 4. The zero-order valence-electron chi connectivity index (χ0n) is 13.7. The van der Waals surface area contributed by atoms with Crippen LogP contribution in [0.4, 0.5) is 0 Å². The maximum atomic E-state index is 12.0. The molecule has 1 atom stereocenters. The largest absolute Gasteiger partial charge is 0.480 e. The molecule has 2 aromatic rings. The summed E-state index contributed by atoms with van der Waals surface area (Å²) in [6.45, 7) is 7.28. The number of hydrogen-bond donors (Lipinski definition) is 2. The first kappa shape index (κ1) is 16.9. The van der Waals surface area contributed by atoms with Crippen LogP contribution < -0.4 is 5.32 Å². The molecule has 0 aromatic carbocycles. The maximum absolute atomic E-state index is 12.0.